The molecule has 0 aromatic carbocycles. The molecule has 2 heteroatoms. The molecule has 0 aromatic rings. The molecule has 0 aliphatic carbocycles. The monoisotopic (exact) mass is 276 g/mol. The molecule has 0 saturated carbocycles. The van der Waals surface area contributed by atoms with E-state index in [9.17, 15) is 4.79 Å². The Morgan fingerprint density at radius 2 is 2.50 bits per heavy atom. The van der Waals surface area contributed by atoms with Gasteiger partial charge in [-0.15, -0.1) is 0 Å². The van der Waals surface area contributed by atoms with Crippen LogP contribution in [0.3, 0.4) is 0 Å². The molecule has 0 atom stereocenters. The number of carbonyl (C=O) groups excluding carboxylic acids is 1. The van der Waals surface area contributed by atoms with Crippen molar-refractivity contribution in [2.24, 2.45) is 0 Å². The second-order valence-corrected chi connectivity index (χ2v) is 4.19. The fourth-order valence-electron chi connectivity index (χ4n) is 0.221. The van der Waals surface area contributed by atoms with Crippen LogP contribution in [0, 0.1) is 0 Å². The molecular formula is C4H3BiO. The molecule has 6 heavy (non-hydrogen) atoms. The summed E-state index contributed by atoms with van der Waals surface area (Å²) in [6, 6.07) is 0. The van der Waals surface area contributed by atoms with Crippen LogP contribution in [0.1, 0.15) is 0 Å². The molecule has 0 fully saturated rings. The summed E-state index contributed by atoms with van der Waals surface area (Å²) in [4.78, 5) is 9.72. The van der Waals surface area contributed by atoms with Gasteiger partial charge in [0.05, 0.1) is 0 Å². The van der Waals surface area contributed by atoms with E-state index >= 15 is 0 Å². The van der Waals surface area contributed by atoms with Crippen molar-refractivity contribution >= 4 is 32.7 Å². The Hall–Kier alpha value is 0.163. The minimum absolute atomic E-state index is 0.257. The molecular weight excluding hydrogens is 273 g/mol. The summed E-state index contributed by atoms with van der Waals surface area (Å²) in [6.45, 7) is 0. The van der Waals surface area contributed by atoms with Gasteiger partial charge in [-0.05, 0) is 0 Å². The van der Waals surface area contributed by atoms with Crippen molar-refractivity contribution in [1.82, 2.24) is 0 Å². The van der Waals surface area contributed by atoms with E-state index in [2.05, 4.69) is 7.49 Å². The molecule has 0 radical (unpaired) electrons. The Morgan fingerprint density at radius 3 is 2.50 bits per heavy atom. The van der Waals surface area contributed by atoms with Gasteiger partial charge in [-0.25, -0.2) is 0 Å². The van der Waals surface area contributed by atoms with E-state index in [1.165, 1.54) is 0 Å². The molecule has 1 nitrogen and oxygen atoms in total. The van der Waals surface area contributed by atoms with Gasteiger partial charge in [0.25, 0.3) is 0 Å². The standard InChI is InChI=1S/C4H3O.Bi/c1-4(2)3-5;/h1-3H;. The average molecular weight is 276 g/mol. The van der Waals surface area contributed by atoms with Crippen molar-refractivity contribution in [2.45, 2.75) is 0 Å². The number of hydrogen-bond donors (Lipinski definition) is 0. The third kappa shape index (κ3) is 0.625. The summed E-state index contributed by atoms with van der Waals surface area (Å²) < 4.78 is 4.15. The first-order valence-electron chi connectivity index (χ1n) is 1.62. The van der Waals surface area contributed by atoms with E-state index in [1.807, 2.05) is 0 Å². The minimum atomic E-state index is -0.257. The third-order valence-electron chi connectivity index (χ3n) is 0.583. The number of hydrogen-bond acceptors (Lipinski definition) is 1. The van der Waals surface area contributed by atoms with Crippen LogP contribution in [-0.2, 0) is 4.79 Å². The molecule has 0 N–H and O–H groups in total. The van der Waals surface area contributed by atoms with Crippen molar-refractivity contribution in [3.05, 3.63) is 9.36 Å². The molecule has 0 bridgehead atoms. The second-order valence-electron chi connectivity index (χ2n) is 1.03. The van der Waals surface area contributed by atoms with Crippen LogP contribution < -0.4 is 0 Å². The van der Waals surface area contributed by atoms with E-state index < -0.39 is 0 Å². The fourth-order valence-corrected chi connectivity index (χ4v) is 1.94. The Morgan fingerprint density at radius 1 is 1.83 bits per heavy atom. The van der Waals surface area contributed by atoms with Crippen LogP contribution in [0.25, 0.3) is 0 Å². The molecule has 1 aliphatic heterocycles. The summed E-state index contributed by atoms with van der Waals surface area (Å²) in [6.07, 6.45) is 0.910. The predicted molar refractivity (Wildman–Crippen MR) is 26.0 cm³/mol. The molecule has 0 aromatic heterocycles. The summed E-state index contributed by atoms with van der Waals surface area (Å²) in [5.74, 6) is 0. The van der Waals surface area contributed by atoms with Gasteiger partial charge in [-0.3, -0.25) is 0 Å². The van der Waals surface area contributed by atoms with E-state index in [0.29, 0.717) is 0 Å². The third-order valence-corrected chi connectivity index (χ3v) is 4.06. The normalized spacial score (nSPS) is 15.7. The average Bonchev–Trinajstić information content (AvgIpc) is 1.31. The maximum atomic E-state index is 9.72. The zero-order valence-electron chi connectivity index (χ0n) is 3.09. The first kappa shape index (κ1) is 4.33. The van der Waals surface area contributed by atoms with Crippen molar-refractivity contribution < 1.29 is 4.79 Å². The van der Waals surface area contributed by atoms with Crippen molar-refractivity contribution in [3.63, 3.8) is 0 Å². The van der Waals surface area contributed by atoms with Gasteiger partial charge in [0.2, 0.25) is 0 Å². The Balaban J connectivity index is 2.57. The van der Waals surface area contributed by atoms with Crippen LogP contribution in [0.5, 0.6) is 0 Å². The number of carbonyl (C=O) groups is 1. The molecule has 1 aliphatic rings. The summed E-state index contributed by atoms with van der Waals surface area (Å²) in [7, 11) is 0. The topological polar surface area (TPSA) is 17.1 Å². The van der Waals surface area contributed by atoms with E-state index in [4.69, 9.17) is 0 Å². The SMILES string of the molecule is O=CC1=[CH][Bi]=[CH]1. The van der Waals surface area contributed by atoms with Gasteiger partial charge in [-0.2, -0.15) is 0 Å². The number of allylic oxidation sites excluding steroid dienone is 1. The Bertz CT molecular complexity index is 120. The van der Waals surface area contributed by atoms with E-state index in [1.54, 1.807) is 0 Å². The second kappa shape index (κ2) is 1.74. The zero-order valence-corrected chi connectivity index (χ0v) is 6.56. The Kier molecular flexibility index (Phi) is 1.26. The molecule has 0 saturated heterocycles. The molecule has 30 valence electrons. The van der Waals surface area contributed by atoms with Crippen LogP contribution in [0.2, 0.25) is 0 Å². The molecule has 1 heterocycles. The Labute approximate surface area is 47.1 Å². The van der Waals surface area contributed by atoms with E-state index in [-0.39, 0.29) is 22.8 Å². The van der Waals surface area contributed by atoms with E-state index in [0.717, 1.165) is 11.9 Å². The summed E-state index contributed by atoms with van der Waals surface area (Å²) >= 11 is -0.257. The van der Waals surface area contributed by atoms with Crippen LogP contribution in [-0.4, -0.2) is 32.7 Å². The van der Waals surface area contributed by atoms with Crippen LogP contribution >= 0.6 is 0 Å². The predicted octanol–water partition coefficient (Wildman–Crippen LogP) is -0.411. The van der Waals surface area contributed by atoms with Crippen molar-refractivity contribution in [3.8, 4) is 0 Å². The number of aldehydes is 1. The van der Waals surface area contributed by atoms with Crippen molar-refractivity contribution in [2.75, 3.05) is 0 Å². The molecule has 1 rings (SSSR count). The van der Waals surface area contributed by atoms with Gasteiger partial charge in [-0.1, -0.05) is 0 Å². The maximum absolute atomic E-state index is 9.72. The van der Waals surface area contributed by atoms with Gasteiger partial charge >= 0.3 is 46.9 Å². The zero-order chi connectivity index (χ0) is 4.41. The first-order chi connectivity index (χ1) is 2.93. The molecule has 0 amide bonds. The van der Waals surface area contributed by atoms with Gasteiger partial charge < -0.3 is 0 Å². The van der Waals surface area contributed by atoms with Crippen LogP contribution in [0.4, 0.5) is 0 Å². The quantitative estimate of drug-likeness (QED) is 0.470. The fraction of sp³-hybridized carbons (Fsp3) is 0. The van der Waals surface area contributed by atoms with Crippen LogP contribution in [0.15, 0.2) is 9.36 Å². The van der Waals surface area contributed by atoms with Gasteiger partial charge in [0.15, 0.2) is 0 Å². The van der Waals surface area contributed by atoms with Gasteiger partial charge in [0.1, 0.15) is 0 Å². The number of rotatable bonds is 1. The van der Waals surface area contributed by atoms with Crippen molar-refractivity contribution in [1.29, 1.82) is 0 Å². The molecule has 0 spiro atoms. The first-order valence-corrected chi connectivity index (χ1v) is 5.63. The summed E-state index contributed by atoms with van der Waals surface area (Å²) in [5.41, 5.74) is 0.923. The summed E-state index contributed by atoms with van der Waals surface area (Å²) in [5, 5.41) is 0. The van der Waals surface area contributed by atoms with Gasteiger partial charge in [0, 0.05) is 0 Å². The molecule has 0 unspecified atom stereocenters.